The van der Waals surface area contributed by atoms with Crippen LogP contribution in [0.15, 0.2) is 30.5 Å². The number of alkyl carbamates (subject to hydrolysis) is 1. The van der Waals surface area contributed by atoms with Crippen molar-refractivity contribution < 1.29 is 28.2 Å². The number of carbonyl (C=O) groups excluding carboxylic acids is 1. The third-order valence-corrected chi connectivity index (χ3v) is 5.42. The van der Waals surface area contributed by atoms with Crippen molar-refractivity contribution in [3.8, 4) is 16.9 Å². The van der Waals surface area contributed by atoms with Crippen molar-refractivity contribution >= 4 is 11.8 Å². The molecule has 2 atom stereocenters. The van der Waals surface area contributed by atoms with Gasteiger partial charge >= 0.3 is 6.09 Å². The molecule has 2 heterocycles. The molecule has 0 saturated heterocycles. The van der Waals surface area contributed by atoms with Gasteiger partial charge in [0.05, 0.1) is 11.7 Å². The number of nitrogens with zero attached hydrogens (tertiary/aromatic N) is 2. The Balaban J connectivity index is 1.81. The Labute approximate surface area is 199 Å². The molecule has 3 rings (SSSR count). The first-order valence-corrected chi connectivity index (χ1v) is 11.3. The molecule has 1 amide bonds. The number of anilines is 1. The minimum absolute atomic E-state index is 0.111. The molecule has 34 heavy (non-hydrogen) atoms. The summed E-state index contributed by atoms with van der Waals surface area (Å²) >= 11 is 0. The number of pyridine rings is 1. The van der Waals surface area contributed by atoms with Gasteiger partial charge in [-0.1, -0.05) is 13.8 Å². The van der Waals surface area contributed by atoms with Crippen LogP contribution < -0.4 is 15.0 Å². The van der Waals surface area contributed by atoms with Crippen molar-refractivity contribution in [1.29, 1.82) is 0 Å². The van der Waals surface area contributed by atoms with E-state index in [0.717, 1.165) is 0 Å². The van der Waals surface area contributed by atoms with Gasteiger partial charge in [0.25, 0.3) is 6.43 Å². The predicted molar refractivity (Wildman–Crippen MR) is 126 cm³/mol. The average Bonchev–Trinajstić information content (AvgIpc) is 2.73. The molecule has 2 N–H and O–H groups in total. The van der Waals surface area contributed by atoms with Crippen molar-refractivity contribution in [3.05, 3.63) is 41.7 Å². The summed E-state index contributed by atoms with van der Waals surface area (Å²) in [6.07, 6.45) is -2.55. The van der Waals surface area contributed by atoms with Crippen LogP contribution in [0.5, 0.6) is 5.75 Å². The van der Waals surface area contributed by atoms with Crippen LogP contribution in [0.4, 0.5) is 19.3 Å². The first-order valence-electron chi connectivity index (χ1n) is 11.3. The number of fused-ring (bicyclic) bond motifs is 3. The number of hydrogen-bond acceptors (Lipinski definition) is 6. The summed E-state index contributed by atoms with van der Waals surface area (Å²) in [7, 11) is 1.63. The second-order valence-electron chi connectivity index (χ2n) is 9.91. The molecule has 0 fully saturated rings. The second kappa shape index (κ2) is 10.1. The highest BCUT2D eigenvalue weighted by atomic mass is 19.3. The summed E-state index contributed by atoms with van der Waals surface area (Å²) in [5.41, 5.74) is 0.941. The third-order valence-electron chi connectivity index (χ3n) is 5.42. The highest BCUT2D eigenvalue weighted by Crippen LogP contribution is 2.46. The van der Waals surface area contributed by atoms with E-state index >= 15 is 0 Å². The number of aromatic nitrogens is 1. The van der Waals surface area contributed by atoms with Gasteiger partial charge in [0.2, 0.25) is 0 Å². The van der Waals surface area contributed by atoms with Gasteiger partial charge in [-0.2, -0.15) is 0 Å². The maximum absolute atomic E-state index is 13.5. The van der Waals surface area contributed by atoms with Crippen LogP contribution in [0, 0.1) is 5.92 Å². The fourth-order valence-electron chi connectivity index (χ4n) is 4.02. The fourth-order valence-corrected chi connectivity index (χ4v) is 4.02. The molecule has 2 aromatic rings. The first kappa shape index (κ1) is 25.7. The van der Waals surface area contributed by atoms with Crippen LogP contribution in [-0.2, 0) is 4.74 Å². The second-order valence-corrected chi connectivity index (χ2v) is 9.91. The number of ether oxygens (including phenoxy) is 2. The first-order chi connectivity index (χ1) is 15.9. The summed E-state index contributed by atoms with van der Waals surface area (Å²) in [4.78, 5) is 17.5. The van der Waals surface area contributed by atoms with Crippen LogP contribution in [0.1, 0.15) is 65.0 Å². The molecule has 0 radical (unpaired) electrons. The standard InChI is InChI=1S/C25H33F2N3O4/c1-14(2)11-15(29-24(32)34-25(3,4)5)13-33-16-7-8-17-18-9-10-28-21(22(26)27)20(18)23(31)30(6)19(17)12-16/h7-10,12,14-15,22-23,31H,11,13H2,1-6H3,(H,29,32)/t15-,23?/m0/s1. The van der Waals surface area contributed by atoms with Gasteiger partial charge in [-0.3, -0.25) is 4.98 Å². The lowest BCUT2D eigenvalue weighted by Gasteiger charge is -2.35. The van der Waals surface area contributed by atoms with Crippen LogP contribution in [0.3, 0.4) is 0 Å². The molecule has 9 heteroatoms. The quantitative estimate of drug-likeness (QED) is 0.552. The van der Waals surface area contributed by atoms with Gasteiger partial charge < -0.3 is 24.8 Å². The van der Waals surface area contributed by atoms with E-state index in [-0.39, 0.29) is 18.2 Å². The van der Waals surface area contributed by atoms with Crippen molar-refractivity contribution in [1.82, 2.24) is 10.3 Å². The zero-order valence-corrected chi connectivity index (χ0v) is 20.4. The summed E-state index contributed by atoms with van der Waals surface area (Å²) in [6, 6.07) is 6.63. The Morgan fingerprint density at radius 1 is 1.24 bits per heavy atom. The Kier molecular flexibility index (Phi) is 7.65. The summed E-state index contributed by atoms with van der Waals surface area (Å²) in [6.45, 7) is 9.74. The number of rotatable bonds is 7. The van der Waals surface area contributed by atoms with Gasteiger partial charge in [0.15, 0.2) is 6.23 Å². The zero-order valence-electron chi connectivity index (χ0n) is 20.4. The Morgan fingerprint density at radius 3 is 2.56 bits per heavy atom. The number of benzene rings is 1. The maximum atomic E-state index is 13.5. The van der Waals surface area contributed by atoms with Gasteiger partial charge in [0.1, 0.15) is 23.7 Å². The van der Waals surface area contributed by atoms with Gasteiger partial charge in [-0.25, -0.2) is 13.6 Å². The lowest BCUT2D eigenvalue weighted by atomic mass is 9.91. The van der Waals surface area contributed by atoms with Gasteiger partial charge in [-0.05, 0) is 56.9 Å². The van der Waals surface area contributed by atoms with E-state index in [1.165, 1.54) is 11.1 Å². The lowest BCUT2D eigenvalue weighted by Crippen LogP contribution is -2.42. The monoisotopic (exact) mass is 477 g/mol. The van der Waals surface area contributed by atoms with Crippen molar-refractivity contribution in [2.45, 2.75) is 65.3 Å². The largest absolute Gasteiger partial charge is 0.491 e. The van der Waals surface area contributed by atoms with Crippen LogP contribution in [-0.4, -0.2) is 41.5 Å². The minimum Gasteiger partial charge on any atom is -0.491 e. The van der Waals surface area contributed by atoms with Crippen LogP contribution in [0.25, 0.3) is 11.1 Å². The highest BCUT2D eigenvalue weighted by Gasteiger charge is 2.33. The van der Waals surface area contributed by atoms with Crippen molar-refractivity contribution in [3.63, 3.8) is 0 Å². The smallest absolute Gasteiger partial charge is 0.407 e. The van der Waals surface area contributed by atoms with E-state index < -0.39 is 30.0 Å². The van der Waals surface area contributed by atoms with E-state index in [0.29, 0.717) is 34.9 Å². The summed E-state index contributed by atoms with van der Waals surface area (Å²) in [5.74, 6) is 0.853. The van der Waals surface area contributed by atoms with E-state index in [1.807, 2.05) is 0 Å². The van der Waals surface area contributed by atoms with E-state index in [9.17, 15) is 18.7 Å². The van der Waals surface area contributed by atoms with Gasteiger partial charge in [0, 0.05) is 30.4 Å². The number of aliphatic hydroxyl groups excluding tert-OH is 1. The summed E-state index contributed by atoms with van der Waals surface area (Å²) in [5, 5.41) is 13.6. The van der Waals surface area contributed by atoms with Crippen molar-refractivity contribution in [2.24, 2.45) is 5.92 Å². The molecule has 1 unspecified atom stereocenters. The third kappa shape index (κ3) is 5.94. The molecule has 0 aliphatic carbocycles. The molecule has 1 aromatic carbocycles. The van der Waals surface area contributed by atoms with Gasteiger partial charge in [-0.15, -0.1) is 0 Å². The molecular weight excluding hydrogens is 444 g/mol. The molecule has 1 aliphatic heterocycles. The number of nitrogens with one attached hydrogen (secondary N) is 1. The molecule has 0 bridgehead atoms. The van der Waals surface area contributed by atoms with E-state index in [4.69, 9.17) is 9.47 Å². The molecule has 0 spiro atoms. The Bertz CT molecular complexity index is 1020. The topological polar surface area (TPSA) is 83.9 Å². The zero-order chi connectivity index (χ0) is 25.2. The lowest BCUT2D eigenvalue weighted by molar-refractivity contribution is 0.0480. The molecule has 7 nitrogen and oxygen atoms in total. The van der Waals surface area contributed by atoms with Crippen LogP contribution >= 0.6 is 0 Å². The molecule has 0 saturated carbocycles. The van der Waals surface area contributed by atoms with E-state index in [2.05, 4.69) is 24.1 Å². The fraction of sp³-hybridized carbons (Fsp3) is 0.520. The number of carbonyl (C=O) groups is 1. The van der Waals surface area contributed by atoms with Crippen molar-refractivity contribution in [2.75, 3.05) is 18.6 Å². The normalized spacial score (nSPS) is 16.2. The molecule has 186 valence electrons. The molecular formula is C25H33F2N3O4. The minimum atomic E-state index is -2.79. The number of aliphatic hydroxyl groups is 1. The Hall–Kier alpha value is -2.94. The predicted octanol–water partition coefficient (Wildman–Crippen LogP) is 5.45. The number of amides is 1. The molecule has 1 aliphatic rings. The SMILES string of the molecule is CC(C)C[C@@H](COc1ccc2c(c1)N(C)C(O)c1c-2ccnc1C(F)F)NC(=O)OC(C)(C)C. The van der Waals surface area contributed by atoms with E-state index in [1.54, 1.807) is 52.1 Å². The Morgan fingerprint density at radius 2 is 1.94 bits per heavy atom. The highest BCUT2D eigenvalue weighted by molar-refractivity contribution is 5.85. The summed E-state index contributed by atoms with van der Waals surface area (Å²) < 4.78 is 38.3. The average molecular weight is 478 g/mol. The number of halogens is 2. The van der Waals surface area contributed by atoms with Crippen LogP contribution in [0.2, 0.25) is 0 Å². The maximum Gasteiger partial charge on any atom is 0.407 e. The molecule has 1 aromatic heterocycles. The number of alkyl halides is 2. The number of hydrogen-bond donors (Lipinski definition) is 2.